The largest absolute Gasteiger partial charge is 0.399 e. The lowest BCUT2D eigenvalue weighted by atomic mass is 9.97. The lowest BCUT2D eigenvalue weighted by Gasteiger charge is -2.21. The van der Waals surface area contributed by atoms with Crippen LogP contribution >= 0.6 is 0 Å². The summed E-state index contributed by atoms with van der Waals surface area (Å²) in [5.74, 6) is 0.274. The summed E-state index contributed by atoms with van der Waals surface area (Å²) in [4.78, 5) is 2.15. The monoisotopic (exact) mass is 272 g/mol. The van der Waals surface area contributed by atoms with Gasteiger partial charge in [-0.25, -0.2) is 4.39 Å². The quantitative estimate of drug-likeness (QED) is 0.832. The molecule has 2 aromatic rings. The first kappa shape index (κ1) is 14.4. The van der Waals surface area contributed by atoms with E-state index in [1.807, 2.05) is 31.3 Å². The number of nitrogen functional groups attached to an aromatic ring is 1. The highest BCUT2D eigenvalue weighted by Crippen LogP contribution is 2.22. The third-order valence-corrected chi connectivity index (χ3v) is 3.67. The maximum absolute atomic E-state index is 12.9. The molecule has 0 bridgehead atoms. The number of benzene rings is 2. The molecule has 0 amide bonds. The Morgan fingerprint density at radius 1 is 1.05 bits per heavy atom. The van der Waals surface area contributed by atoms with E-state index in [0.717, 1.165) is 24.3 Å². The van der Waals surface area contributed by atoms with Crippen molar-refractivity contribution in [2.45, 2.75) is 19.3 Å². The van der Waals surface area contributed by atoms with E-state index in [0.29, 0.717) is 5.92 Å². The van der Waals surface area contributed by atoms with E-state index in [1.54, 1.807) is 0 Å². The molecule has 0 saturated carbocycles. The smallest absolute Gasteiger partial charge is 0.123 e. The van der Waals surface area contributed by atoms with Gasteiger partial charge in [0.1, 0.15) is 5.82 Å². The highest BCUT2D eigenvalue weighted by Gasteiger charge is 2.08. The lowest BCUT2D eigenvalue weighted by molar-refractivity contribution is 0.627. The predicted octanol–water partition coefficient (Wildman–Crippen LogP) is 4.04. The normalized spacial score (nSPS) is 12.2. The first-order chi connectivity index (χ1) is 9.56. The predicted molar refractivity (Wildman–Crippen MR) is 83.6 cm³/mol. The summed E-state index contributed by atoms with van der Waals surface area (Å²) >= 11 is 0. The number of rotatable bonds is 5. The molecule has 0 spiro atoms. The van der Waals surface area contributed by atoms with Gasteiger partial charge in [0.25, 0.3) is 0 Å². The van der Waals surface area contributed by atoms with Crippen molar-refractivity contribution in [2.24, 2.45) is 0 Å². The van der Waals surface area contributed by atoms with Crippen LogP contribution in [0.4, 0.5) is 15.8 Å². The fourth-order valence-electron chi connectivity index (χ4n) is 2.20. The number of anilines is 2. The van der Waals surface area contributed by atoms with Crippen LogP contribution < -0.4 is 10.6 Å². The Kier molecular flexibility index (Phi) is 4.61. The zero-order chi connectivity index (χ0) is 14.5. The van der Waals surface area contributed by atoms with Crippen molar-refractivity contribution in [1.82, 2.24) is 0 Å². The van der Waals surface area contributed by atoms with E-state index < -0.39 is 0 Å². The van der Waals surface area contributed by atoms with Crippen LogP contribution in [0.25, 0.3) is 0 Å². The molecule has 0 aromatic heterocycles. The first-order valence-corrected chi connectivity index (χ1v) is 6.88. The molecule has 2 aromatic carbocycles. The molecule has 0 aliphatic rings. The summed E-state index contributed by atoms with van der Waals surface area (Å²) in [6, 6.07) is 14.7. The van der Waals surface area contributed by atoms with Crippen LogP contribution in [0.1, 0.15) is 24.8 Å². The van der Waals surface area contributed by atoms with E-state index in [2.05, 4.69) is 24.0 Å². The van der Waals surface area contributed by atoms with Crippen molar-refractivity contribution < 1.29 is 4.39 Å². The lowest BCUT2D eigenvalue weighted by Crippen LogP contribution is -2.19. The highest BCUT2D eigenvalue weighted by molar-refractivity contribution is 5.45. The molecule has 1 atom stereocenters. The number of hydrogen-bond acceptors (Lipinski definition) is 2. The van der Waals surface area contributed by atoms with Crippen molar-refractivity contribution in [1.29, 1.82) is 0 Å². The van der Waals surface area contributed by atoms with Gasteiger partial charge < -0.3 is 10.6 Å². The fourth-order valence-corrected chi connectivity index (χ4v) is 2.20. The molecule has 2 rings (SSSR count). The molecule has 2 nitrogen and oxygen atoms in total. The molecule has 3 heteroatoms. The van der Waals surface area contributed by atoms with Crippen LogP contribution in [0, 0.1) is 5.82 Å². The number of nitrogens with zero attached hydrogens (tertiary/aromatic N) is 1. The van der Waals surface area contributed by atoms with Gasteiger partial charge in [-0.1, -0.05) is 19.1 Å². The van der Waals surface area contributed by atoms with Crippen LogP contribution in [0.5, 0.6) is 0 Å². The first-order valence-electron chi connectivity index (χ1n) is 6.88. The molecule has 1 unspecified atom stereocenters. The topological polar surface area (TPSA) is 29.3 Å². The second kappa shape index (κ2) is 6.42. The molecule has 0 aliphatic carbocycles. The Balaban J connectivity index is 1.91. The Hall–Kier alpha value is -2.03. The molecular formula is C17H21FN2. The van der Waals surface area contributed by atoms with Crippen LogP contribution in [0.15, 0.2) is 48.5 Å². The van der Waals surface area contributed by atoms with Gasteiger partial charge in [0.05, 0.1) is 0 Å². The second-order valence-electron chi connectivity index (χ2n) is 5.25. The minimum atomic E-state index is -0.197. The molecule has 20 heavy (non-hydrogen) atoms. The minimum Gasteiger partial charge on any atom is -0.399 e. The minimum absolute atomic E-state index is 0.197. The van der Waals surface area contributed by atoms with Crippen molar-refractivity contribution in [3.8, 4) is 0 Å². The molecule has 106 valence electrons. The second-order valence-corrected chi connectivity index (χ2v) is 5.25. The highest BCUT2D eigenvalue weighted by atomic mass is 19.1. The van der Waals surface area contributed by atoms with Gasteiger partial charge in [-0.15, -0.1) is 0 Å². The average molecular weight is 272 g/mol. The molecule has 0 fully saturated rings. The molecule has 2 N–H and O–H groups in total. The van der Waals surface area contributed by atoms with Crippen LogP contribution in [0.2, 0.25) is 0 Å². The van der Waals surface area contributed by atoms with E-state index in [4.69, 9.17) is 5.73 Å². The van der Waals surface area contributed by atoms with Crippen LogP contribution in [0.3, 0.4) is 0 Å². The number of halogens is 1. The standard InChI is InChI=1S/C17H21FN2/c1-13(14-3-7-16(19)8-4-14)11-12-20(2)17-9-5-15(18)6-10-17/h3-10,13H,11-12,19H2,1-2H3. The molecule has 0 aliphatic heterocycles. The fraction of sp³-hybridized carbons (Fsp3) is 0.294. The summed E-state index contributed by atoms with van der Waals surface area (Å²) in [5, 5.41) is 0. The molecule has 0 saturated heterocycles. The molecule has 0 radical (unpaired) electrons. The number of hydrogen-bond donors (Lipinski definition) is 1. The van der Waals surface area contributed by atoms with Crippen molar-refractivity contribution >= 4 is 11.4 Å². The third-order valence-electron chi connectivity index (χ3n) is 3.67. The maximum atomic E-state index is 12.9. The van der Waals surface area contributed by atoms with Crippen molar-refractivity contribution in [2.75, 3.05) is 24.2 Å². The van der Waals surface area contributed by atoms with Crippen LogP contribution in [-0.2, 0) is 0 Å². The summed E-state index contributed by atoms with van der Waals surface area (Å²) in [6.07, 6.45) is 1.04. The summed E-state index contributed by atoms with van der Waals surface area (Å²) in [7, 11) is 2.03. The van der Waals surface area contributed by atoms with Crippen molar-refractivity contribution in [3.63, 3.8) is 0 Å². The van der Waals surface area contributed by atoms with Gasteiger partial charge in [0, 0.05) is 25.0 Å². The van der Waals surface area contributed by atoms with Crippen LogP contribution in [-0.4, -0.2) is 13.6 Å². The van der Waals surface area contributed by atoms with Gasteiger partial charge in [-0.05, 0) is 54.3 Å². The third kappa shape index (κ3) is 3.73. The van der Waals surface area contributed by atoms with Gasteiger partial charge >= 0.3 is 0 Å². The average Bonchev–Trinajstić information content (AvgIpc) is 2.46. The number of nitrogens with two attached hydrogens (primary N) is 1. The van der Waals surface area contributed by atoms with Gasteiger partial charge in [0.15, 0.2) is 0 Å². The zero-order valence-corrected chi connectivity index (χ0v) is 12.0. The summed E-state index contributed by atoms with van der Waals surface area (Å²) in [6.45, 7) is 3.14. The van der Waals surface area contributed by atoms with E-state index in [1.165, 1.54) is 17.7 Å². The zero-order valence-electron chi connectivity index (χ0n) is 12.0. The van der Waals surface area contributed by atoms with E-state index in [9.17, 15) is 4.39 Å². The Labute approximate surface area is 120 Å². The van der Waals surface area contributed by atoms with E-state index in [-0.39, 0.29) is 5.82 Å². The Morgan fingerprint density at radius 2 is 1.65 bits per heavy atom. The van der Waals surface area contributed by atoms with Crippen molar-refractivity contribution in [3.05, 3.63) is 59.9 Å². The summed E-state index contributed by atoms with van der Waals surface area (Å²) in [5.41, 5.74) is 8.83. The van der Waals surface area contributed by atoms with Gasteiger partial charge in [0.2, 0.25) is 0 Å². The summed E-state index contributed by atoms with van der Waals surface area (Å²) < 4.78 is 12.9. The maximum Gasteiger partial charge on any atom is 0.123 e. The Bertz CT molecular complexity index is 482. The van der Waals surface area contributed by atoms with Gasteiger partial charge in [-0.3, -0.25) is 0 Å². The molecule has 0 heterocycles. The SMILES string of the molecule is CC(CCN(C)c1ccc(F)cc1)c1ccc(N)cc1. The van der Waals surface area contributed by atoms with E-state index >= 15 is 0 Å². The molecular weight excluding hydrogens is 251 g/mol. The Morgan fingerprint density at radius 3 is 2.25 bits per heavy atom. The van der Waals surface area contributed by atoms with Gasteiger partial charge in [-0.2, -0.15) is 0 Å².